The molecule has 1 aromatic rings. The van der Waals surface area contributed by atoms with Gasteiger partial charge in [-0.2, -0.15) is 5.10 Å². The van der Waals surface area contributed by atoms with E-state index >= 15 is 0 Å². The summed E-state index contributed by atoms with van der Waals surface area (Å²) in [4.78, 5) is 10.6. The molecule has 0 radical (unpaired) electrons. The Labute approximate surface area is 82.7 Å². The number of carbonyl (C=O) groups is 1. The smallest absolute Gasteiger partial charge is 0.155 e. The van der Waals surface area contributed by atoms with Crippen molar-refractivity contribution in [1.82, 2.24) is 9.78 Å². The normalized spacial score (nSPS) is 10.4. The highest BCUT2D eigenvalue weighted by molar-refractivity contribution is 6.32. The highest BCUT2D eigenvalue weighted by atomic mass is 35.5. The van der Waals surface area contributed by atoms with Gasteiger partial charge in [-0.15, -0.1) is 0 Å². The van der Waals surface area contributed by atoms with Crippen molar-refractivity contribution in [2.45, 2.75) is 33.2 Å². The van der Waals surface area contributed by atoms with Gasteiger partial charge in [-0.25, -0.2) is 0 Å². The first kappa shape index (κ1) is 10.3. The van der Waals surface area contributed by atoms with E-state index in [4.69, 9.17) is 11.6 Å². The molecule has 0 aromatic carbocycles. The van der Waals surface area contributed by atoms with Crippen molar-refractivity contribution >= 4 is 17.9 Å². The Morgan fingerprint density at radius 3 is 2.77 bits per heavy atom. The quantitative estimate of drug-likeness (QED) is 0.700. The molecule has 1 rings (SSSR count). The molecule has 0 unspecified atom stereocenters. The molecule has 0 amide bonds. The Hall–Kier alpha value is -0.830. The van der Waals surface area contributed by atoms with Gasteiger partial charge >= 0.3 is 0 Å². The van der Waals surface area contributed by atoms with Crippen LogP contribution in [-0.4, -0.2) is 16.1 Å². The molecule has 0 atom stereocenters. The highest BCUT2D eigenvalue weighted by Crippen LogP contribution is 2.17. The van der Waals surface area contributed by atoms with Crippen LogP contribution < -0.4 is 0 Å². The van der Waals surface area contributed by atoms with E-state index in [1.165, 1.54) is 0 Å². The number of aryl methyl sites for hydroxylation is 2. The Balaban J connectivity index is 2.90. The number of rotatable bonds is 4. The topological polar surface area (TPSA) is 34.9 Å². The number of aldehydes is 1. The van der Waals surface area contributed by atoms with Crippen LogP contribution in [0.5, 0.6) is 0 Å². The van der Waals surface area contributed by atoms with Gasteiger partial charge in [0.25, 0.3) is 0 Å². The second-order valence-electron chi connectivity index (χ2n) is 2.98. The van der Waals surface area contributed by atoms with Gasteiger partial charge in [-0.3, -0.25) is 9.48 Å². The maximum absolute atomic E-state index is 10.6. The summed E-state index contributed by atoms with van der Waals surface area (Å²) in [5.74, 6) is 0. The fourth-order valence-electron chi connectivity index (χ4n) is 1.16. The Morgan fingerprint density at radius 2 is 2.31 bits per heavy atom. The lowest BCUT2D eigenvalue weighted by molar-refractivity contribution is 0.112. The standard InChI is InChI=1S/C9H13ClN2O/c1-3-4-5-12-9(10)8(6-13)7(2)11-12/h6H,3-5H2,1-2H3. The van der Waals surface area contributed by atoms with Crippen LogP contribution in [0.2, 0.25) is 5.15 Å². The molecule has 13 heavy (non-hydrogen) atoms. The lowest BCUT2D eigenvalue weighted by Crippen LogP contribution is -1.99. The largest absolute Gasteiger partial charge is 0.298 e. The molecule has 0 saturated carbocycles. The van der Waals surface area contributed by atoms with Crippen LogP contribution in [0, 0.1) is 6.92 Å². The maximum atomic E-state index is 10.6. The average Bonchev–Trinajstić information content (AvgIpc) is 2.38. The van der Waals surface area contributed by atoms with E-state index < -0.39 is 0 Å². The van der Waals surface area contributed by atoms with Crippen molar-refractivity contribution < 1.29 is 4.79 Å². The Morgan fingerprint density at radius 1 is 1.62 bits per heavy atom. The third kappa shape index (κ3) is 2.10. The van der Waals surface area contributed by atoms with Gasteiger partial charge in [0.1, 0.15) is 5.15 Å². The molecule has 0 aliphatic rings. The minimum Gasteiger partial charge on any atom is -0.298 e. The van der Waals surface area contributed by atoms with E-state index in [9.17, 15) is 4.79 Å². The molecular weight excluding hydrogens is 188 g/mol. The second-order valence-corrected chi connectivity index (χ2v) is 3.34. The fraction of sp³-hybridized carbons (Fsp3) is 0.556. The molecule has 4 heteroatoms. The van der Waals surface area contributed by atoms with Crippen molar-refractivity contribution in [3.05, 3.63) is 16.4 Å². The van der Waals surface area contributed by atoms with Gasteiger partial charge < -0.3 is 0 Å². The van der Waals surface area contributed by atoms with Crippen LogP contribution in [-0.2, 0) is 6.54 Å². The van der Waals surface area contributed by atoms with Crippen LogP contribution in [0.25, 0.3) is 0 Å². The van der Waals surface area contributed by atoms with Gasteiger partial charge in [0.2, 0.25) is 0 Å². The molecule has 0 spiro atoms. The zero-order valence-electron chi connectivity index (χ0n) is 7.88. The molecule has 3 nitrogen and oxygen atoms in total. The third-order valence-corrected chi connectivity index (χ3v) is 2.35. The second kappa shape index (κ2) is 4.42. The summed E-state index contributed by atoms with van der Waals surface area (Å²) in [5.41, 5.74) is 1.22. The van der Waals surface area contributed by atoms with Crippen LogP contribution in [0.15, 0.2) is 0 Å². The first-order valence-electron chi connectivity index (χ1n) is 4.38. The van der Waals surface area contributed by atoms with E-state index in [0.29, 0.717) is 16.4 Å². The summed E-state index contributed by atoms with van der Waals surface area (Å²) >= 11 is 5.93. The number of hydrogen-bond acceptors (Lipinski definition) is 2. The van der Waals surface area contributed by atoms with Gasteiger partial charge in [-0.05, 0) is 13.3 Å². The molecule has 0 bridgehead atoms. The molecule has 1 aromatic heterocycles. The van der Waals surface area contributed by atoms with Crippen molar-refractivity contribution in [1.29, 1.82) is 0 Å². The SMILES string of the molecule is CCCCn1nc(C)c(C=O)c1Cl. The zero-order chi connectivity index (χ0) is 9.84. The molecular formula is C9H13ClN2O. The summed E-state index contributed by atoms with van der Waals surface area (Å²) in [6.07, 6.45) is 2.87. The number of unbranched alkanes of at least 4 members (excludes halogenated alkanes) is 1. The fourth-order valence-corrected chi connectivity index (χ4v) is 1.46. The first-order valence-corrected chi connectivity index (χ1v) is 4.76. The van der Waals surface area contributed by atoms with Gasteiger partial charge in [-0.1, -0.05) is 24.9 Å². The van der Waals surface area contributed by atoms with Gasteiger partial charge in [0, 0.05) is 6.54 Å². The summed E-state index contributed by atoms with van der Waals surface area (Å²) in [6, 6.07) is 0. The van der Waals surface area contributed by atoms with Crippen molar-refractivity contribution in [3.8, 4) is 0 Å². The molecule has 1 heterocycles. The minimum atomic E-state index is 0.459. The Kier molecular flexibility index (Phi) is 3.48. The molecule has 0 fully saturated rings. The number of carbonyl (C=O) groups excluding carboxylic acids is 1. The Bertz CT molecular complexity index is 307. The van der Waals surface area contributed by atoms with Crippen LogP contribution in [0.3, 0.4) is 0 Å². The average molecular weight is 201 g/mol. The van der Waals surface area contributed by atoms with Gasteiger partial charge in [0.15, 0.2) is 6.29 Å². The molecule has 72 valence electrons. The number of nitrogens with zero attached hydrogens (tertiary/aromatic N) is 2. The van der Waals surface area contributed by atoms with Crippen LogP contribution in [0.4, 0.5) is 0 Å². The first-order chi connectivity index (χ1) is 6.20. The molecule has 0 aliphatic carbocycles. The number of halogens is 1. The van der Waals surface area contributed by atoms with Crippen LogP contribution >= 0.6 is 11.6 Å². The van der Waals surface area contributed by atoms with E-state index in [1.54, 1.807) is 11.6 Å². The number of aromatic nitrogens is 2. The van der Waals surface area contributed by atoms with Crippen molar-refractivity contribution in [2.75, 3.05) is 0 Å². The predicted molar refractivity (Wildman–Crippen MR) is 52.3 cm³/mol. The minimum absolute atomic E-state index is 0.459. The van der Waals surface area contributed by atoms with E-state index in [0.717, 1.165) is 25.7 Å². The number of hydrogen-bond donors (Lipinski definition) is 0. The van der Waals surface area contributed by atoms with E-state index in [-0.39, 0.29) is 0 Å². The third-order valence-electron chi connectivity index (χ3n) is 1.95. The van der Waals surface area contributed by atoms with E-state index in [2.05, 4.69) is 12.0 Å². The molecule has 0 N–H and O–H groups in total. The van der Waals surface area contributed by atoms with Crippen molar-refractivity contribution in [3.63, 3.8) is 0 Å². The lowest BCUT2D eigenvalue weighted by atomic mass is 10.3. The lowest BCUT2D eigenvalue weighted by Gasteiger charge is -1.99. The summed E-state index contributed by atoms with van der Waals surface area (Å²) in [6.45, 7) is 4.67. The summed E-state index contributed by atoms with van der Waals surface area (Å²) in [5, 5.41) is 4.63. The summed E-state index contributed by atoms with van der Waals surface area (Å²) < 4.78 is 1.68. The van der Waals surface area contributed by atoms with Crippen LogP contribution in [0.1, 0.15) is 35.8 Å². The van der Waals surface area contributed by atoms with E-state index in [1.807, 2.05) is 0 Å². The molecule has 0 aliphatic heterocycles. The van der Waals surface area contributed by atoms with Crippen molar-refractivity contribution in [2.24, 2.45) is 0 Å². The predicted octanol–water partition coefficient (Wildman–Crippen LogP) is 2.46. The highest BCUT2D eigenvalue weighted by Gasteiger charge is 2.11. The zero-order valence-corrected chi connectivity index (χ0v) is 8.64. The monoisotopic (exact) mass is 200 g/mol. The maximum Gasteiger partial charge on any atom is 0.155 e. The van der Waals surface area contributed by atoms with Gasteiger partial charge in [0.05, 0.1) is 11.3 Å². The summed E-state index contributed by atoms with van der Waals surface area (Å²) in [7, 11) is 0. The molecule has 0 saturated heterocycles.